The fraction of sp³-hybridized carbons (Fsp3) is 0.214. The van der Waals surface area contributed by atoms with Gasteiger partial charge in [-0.2, -0.15) is 0 Å². The number of H-pyrrole nitrogens is 1. The van der Waals surface area contributed by atoms with E-state index in [1.807, 2.05) is 68.4 Å². The van der Waals surface area contributed by atoms with Gasteiger partial charge in [-0.05, 0) is 43.2 Å². The lowest BCUT2D eigenvalue weighted by molar-refractivity contribution is -0.120. The first-order valence-corrected chi connectivity index (χ1v) is 12.1. The van der Waals surface area contributed by atoms with Crippen molar-refractivity contribution in [1.82, 2.24) is 25.0 Å². The van der Waals surface area contributed by atoms with Crippen LogP contribution in [-0.2, 0) is 17.8 Å². The number of nitrogens with one attached hydrogen (secondary N) is 2. The highest BCUT2D eigenvalue weighted by atomic mass is 16.5. The Bertz CT molecular complexity index is 1650. The van der Waals surface area contributed by atoms with E-state index in [4.69, 9.17) is 9.26 Å². The summed E-state index contributed by atoms with van der Waals surface area (Å²) in [5.74, 6) is 1.11. The van der Waals surface area contributed by atoms with Crippen molar-refractivity contribution in [3.63, 3.8) is 0 Å². The van der Waals surface area contributed by atoms with Crippen molar-refractivity contribution in [2.75, 3.05) is 6.61 Å². The largest absolute Gasteiger partial charge is 0.488 e. The average molecular weight is 496 g/mol. The molecule has 1 atom stereocenters. The Kier molecular flexibility index (Phi) is 5.60. The molecule has 5 aromatic rings. The number of aromatic nitrogens is 4. The highest BCUT2D eigenvalue weighted by molar-refractivity contribution is 5.95. The number of rotatable bonds is 6. The first-order valence-electron chi connectivity index (χ1n) is 12.1. The minimum atomic E-state index is -0.393. The topological polar surface area (TPSA) is 115 Å². The van der Waals surface area contributed by atoms with Crippen molar-refractivity contribution in [2.45, 2.75) is 32.9 Å². The second-order valence-electron chi connectivity index (χ2n) is 9.16. The summed E-state index contributed by atoms with van der Waals surface area (Å²) in [5.41, 5.74) is 5.71. The average Bonchev–Trinajstić information content (AvgIpc) is 3.44. The highest BCUT2D eigenvalue weighted by Crippen LogP contribution is 2.44. The molecule has 9 nitrogen and oxygen atoms in total. The Morgan fingerprint density at radius 3 is 2.70 bits per heavy atom. The van der Waals surface area contributed by atoms with E-state index in [0.29, 0.717) is 28.2 Å². The number of imidazole rings is 1. The van der Waals surface area contributed by atoms with Crippen LogP contribution in [0.2, 0.25) is 0 Å². The second-order valence-corrected chi connectivity index (χ2v) is 9.16. The molecular weight excluding hydrogens is 470 g/mol. The molecule has 3 aromatic heterocycles. The molecule has 2 N–H and O–H groups in total. The third kappa shape index (κ3) is 3.98. The molecule has 0 fully saturated rings. The number of ether oxygens (including phenoxy) is 1. The third-order valence-electron chi connectivity index (χ3n) is 6.74. The summed E-state index contributed by atoms with van der Waals surface area (Å²) in [5, 5.41) is 7.13. The number of pyridine rings is 1. The summed E-state index contributed by atoms with van der Waals surface area (Å²) in [6.45, 7) is 4.19. The predicted molar refractivity (Wildman–Crippen MR) is 137 cm³/mol. The van der Waals surface area contributed by atoms with Crippen LogP contribution in [0, 0.1) is 13.8 Å². The maximum Gasteiger partial charge on any atom is 0.327 e. The first kappa shape index (κ1) is 22.8. The third-order valence-corrected chi connectivity index (χ3v) is 6.74. The molecule has 9 heteroatoms. The molecule has 0 spiro atoms. The minimum absolute atomic E-state index is 0.112. The van der Waals surface area contributed by atoms with Gasteiger partial charge in [0.15, 0.2) is 5.75 Å². The molecule has 4 heterocycles. The van der Waals surface area contributed by atoms with E-state index in [-0.39, 0.29) is 31.2 Å². The minimum Gasteiger partial charge on any atom is -0.488 e. The fourth-order valence-electron chi connectivity index (χ4n) is 5.04. The van der Waals surface area contributed by atoms with Crippen LogP contribution in [0.5, 0.6) is 5.75 Å². The van der Waals surface area contributed by atoms with E-state index in [2.05, 4.69) is 20.4 Å². The predicted octanol–water partition coefficient (Wildman–Crippen LogP) is 3.84. The lowest BCUT2D eigenvalue weighted by Crippen LogP contribution is -2.31. The lowest BCUT2D eigenvalue weighted by Gasteiger charge is -2.27. The molecule has 1 amide bonds. The first-order chi connectivity index (χ1) is 18.0. The standard InChI is InChI=1S/C28H25N5O4/c1-16-24(17(2)37-32-16)20-13-19(14-30-23(34)12-18-8-4-3-5-9-18)25-26-27(20)36-15-22(33(26)28(35)31-25)21-10-6-7-11-29-21/h3-11,13,22H,12,14-15H2,1-2H3,(H,30,34)(H,31,35)/t22-/m1/s1. The summed E-state index contributed by atoms with van der Waals surface area (Å²) in [4.78, 5) is 33.5. The number of aromatic amines is 1. The van der Waals surface area contributed by atoms with Gasteiger partial charge in [0, 0.05) is 18.3 Å². The van der Waals surface area contributed by atoms with Crippen LogP contribution in [0.3, 0.4) is 0 Å². The van der Waals surface area contributed by atoms with E-state index < -0.39 is 6.04 Å². The van der Waals surface area contributed by atoms with E-state index >= 15 is 0 Å². The van der Waals surface area contributed by atoms with Crippen LogP contribution in [0.4, 0.5) is 0 Å². The van der Waals surface area contributed by atoms with Crippen LogP contribution in [0.1, 0.15) is 34.3 Å². The molecule has 0 aliphatic carbocycles. The van der Waals surface area contributed by atoms with Gasteiger partial charge < -0.3 is 19.6 Å². The zero-order valence-corrected chi connectivity index (χ0v) is 20.4. The Balaban J connectivity index is 1.47. The number of nitrogens with zero attached hydrogens (tertiary/aromatic N) is 3. The Hall–Kier alpha value is -4.66. The molecule has 186 valence electrons. The molecule has 2 aromatic carbocycles. The number of benzene rings is 2. The van der Waals surface area contributed by atoms with Crippen molar-refractivity contribution in [2.24, 2.45) is 0 Å². The van der Waals surface area contributed by atoms with Gasteiger partial charge in [-0.25, -0.2) is 4.79 Å². The van der Waals surface area contributed by atoms with Gasteiger partial charge >= 0.3 is 5.69 Å². The van der Waals surface area contributed by atoms with Crippen molar-refractivity contribution >= 4 is 16.9 Å². The van der Waals surface area contributed by atoms with Gasteiger partial charge in [-0.3, -0.25) is 14.3 Å². The van der Waals surface area contributed by atoms with Gasteiger partial charge in [-0.1, -0.05) is 41.6 Å². The van der Waals surface area contributed by atoms with Crippen molar-refractivity contribution < 1.29 is 14.1 Å². The lowest BCUT2D eigenvalue weighted by atomic mass is 9.97. The summed E-state index contributed by atoms with van der Waals surface area (Å²) in [7, 11) is 0. The van der Waals surface area contributed by atoms with Crippen LogP contribution < -0.4 is 15.7 Å². The van der Waals surface area contributed by atoms with Crippen LogP contribution >= 0.6 is 0 Å². The Morgan fingerprint density at radius 2 is 1.97 bits per heavy atom. The molecular formula is C28H25N5O4. The maximum absolute atomic E-state index is 13.3. The summed E-state index contributed by atoms with van der Waals surface area (Å²) >= 11 is 0. The SMILES string of the molecule is Cc1noc(C)c1-c1cc(CNC(=O)Cc2ccccc2)c2[nH]c(=O)n3c2c1OC[C@@H]3c1ccccn1. The van der Waals surface area contributed by atoms with E-state index in [1.54, 1.807) is 10.8 Å². The number of carbonyl (C=O) groups excluding carboxylic acids is 1. The fourth-order valence-corrected chi connectivity index (χ4v) is 5.04. The zero-order valence-electron chi connectivity index (χ0n) is 20.4. The summed E-state index contributed by atoms with van der Waals surface area (Å²) in [6.07, 6.45) is 1.97. The quantitative estimate of drug-likeness (QED) is 0.370. The monoisotopic (exact) mass is 495 g/mol. The molecule has 1 aliphatic heterocycles. The molecule has 0 saturated heterocycles. The molecule has 0 saturated carbocycles. The number of amides is 1. The van der Waals surface area contributed by atoms with E-state index in [0.717, 1.165) is 27.9 Å². The zero-order chi connectivity index (χ0) is 25.5. The van der Waals surface area contributed by atoms with Gasteiger partial charge in [0.2, 0.25) is 5.91 Å². The van der Waals surface area contributed by atoms with Crippen LogP contribution in [0.25, 0.3) is 22.2 Å². The molecule has 6 rings (SSSR count). The summed E-state index contributed by atoms with van der Waals surface area (Å²) < 4.78 is 13.5. The Labute approximate surface area is 212 Å². The Morgan fingerprint density at radius 1 is 1.16 bits per heavy atom. The van der Waals surface area contributed by atoms with Gasteiger partial charge in [0.25, 0.3) is 0 Å². The van der Waals surface area contributed by atoms with Gasteiger partial charge in [0.1, 0.15) is 23.9 Å². The molecule has 0 radical (unpaired) electrons. The normalized spacial score (nSPS) is 14.5. The number of carbonyl (C=O) groups is 1. The van der Waals surface area contributed by atoms with E-state index in [9.17, 15) is 9.59 Å². The molecule has 0 bridgehead atoms. The molecule has 1 aliphatic rings. The van der Waals surface area contributed by atoms with Crippen LogP contribution in [-0.4, -0.2) is 32.2 Å². The number of hydrogen-bond donors (Lipinski definition) is 2. The number of aryl methyl sites for hydroxylation is 2. The van der Waals surface area contributed by atoms with Crippen molar-refractivity contribution in [3.8, 4) is 16.9 Å². The number of hydrogen-bond acceptors (Lipinski definition) is 6. The molecule has 37 heavy (non-hydrogen) atoms. The van der Waals surface area contributed by atoms with Gasteiger partial charge in [0.05, 0.1) is 28.9 Å². The van der Waals surface area contributed by atoms with Crippen molar-refractivity contribution in [1.29, 1.82) is 0 Å². The smallest absolute Gasteiger partial charge is 0.327 e. The summed E-state index contributed by atoms with van der Waals surface area (Å²) in [6, 6.07) is 16.7. The van der Waals surface area contributed by atoms with Crippen molar-refractivity contribution in [3.05, 3.63) is 99.6 Å². The second kappa shape index (κ2) is 9.09. The maximum atomic E-state index is 13.3. The van der Waals surface area contributed by atoms with Gasteiger partial charge in [-0.15, -0.1) is 0 Å². The molecule has 0 unspecified atom stereocenters. The highest BCUT2D eigenvalue weighted by Gasteiger charge is 2.32. The van der Waals surface area contributed by atoms with E-state index in [1.165, 1.54) is 0 Å². The van der Waals surface area contributed by atoms with Crippen LogP contribution in [0.15, 0.2) is 70.1 Å².